The molecule has 1 aromatic carbocycles. The molecule has 3 nitrogen and oxygen atoms in total. The summed E-state index contributed by atoms with van der Waals surface area (Å²) in [7, 11) is 0. The molecule has 0 aliphatic carbocycles. The summed E-state index contributed by atoms with van der Waals surface area (Å²) in [6.45, 7) is 0.468. The van der Waals surface area contributed by atoms with Gasteiger partial charge in [0.2, 0.25) is 0 Å². The Morgan fingerprint density at radius 2 is 2.00 bits per heavy atom. The molecule has 0 aliphatic heterocycles. The van der Waals surface area contributed by atoms with Crippen LogP contribution in [0.3, 0.4) is 0 Å². The maximum absolute atomic E-state index is 5.81. The Kier molecular flexibility index (Phi) is 3.49. The summed E-state index contributed by atoms with van der Waals surface area (Å²) >= 11 is 5.81. The van der Waals surface area contributed by atoms with E-state index in [1.807, 2.05) is 36.4 Å². The van der Waals surface area contributed by atoms with Crippen LogP contribution in [0, 0.1) is 0 Å². The van der Waals surface area contributed by atoms with Crippen LogP contribution in [-0.4, -0.2) is 6.54 Å². The van der Waals surface area contributed by atoms with Crippen LogP contribution in [0.4, 0.5) is 5.69 Å². The topological polar surface area (TPSA) is 51.2 Å². The van der Waals surface area contributed by atoms with Crippen molar-refractivity contribution < 1.29 is 4.42 Å². The van der Waals surface area contributed by atoms with E-state index in [0.29, 0.717) is 11.6 Å². The van der Waals surface area contributed by atoms with Crippen molar-refractivity contribution in [1.82, 2.24) is 0 Å². The minimum absolute atomic E-state index is 0.0174. The van der Waals surface area contributed by atoms with Gasteiger partial charge in [0.05, 0.1) is 12.3 Å². The summed E-state index contributed by atoms with van der Waals surface area (Å²) in [5.41, 5.74) is 6.66. The molecule has 0 aliphatic rings. The smallest absolute Gasteiger partial charge is 0.127 e. The van der Waals surface area contributed by atoms with E-state index < -0.39 is 0 Å². The lowest BCUT2D eigenvalue weighted by Gasteiger charge is -2.15. The van der Waals surface area contributed by atoms with Gasteiger partial charge in [-0.2, -0.15) is 0 Å². The van der Waals surface area contributed by atoms with Crippen molar-refractivity contribution in [3.8, 4) is 0 Å². The minimum Gasteiger partial charge on any atom is -0.467 e. The molecule has 2 rings (SSSR count). The van der Waals surface area contributed by atoms with Crippen LogP contribution in [0.1, 0.15) is 11.8 Å². The minimum atomic E-state index is -0.0174. The summed E-state index contributed by atoms with van der Waals surface area (Å²) in [4.78, 5) is 0. The molecule has 0 spiro atoms. The zero-order chi connectivity index (χ0) is 11.4. The number of nitrogens with one attached hydrogen (secondary N) is 1. The Labute approximate surface area is 99.2 Å². The van der Waals surface area contributed by atoms with Gasteiger partial charge in [0.15, 0.2) is 0 Å². The second kappa shape index (κ2) is 5.05. The maximum atomic E-state index is 5.81. The highest BCUT2D eigenvalue weighted by molar-refractivity contribution is 6.30. The molecule has 84 valence electrons. The van der Waals surface area contributed by atoms with E-state index in [-0.39, 0.29) is 6.04 Å². The molecule has 1 atom stereocenters. The first kappa shape index (κ1) is 11.0. The molecule has 1 unspecified atom stereocenters. The van der Waals surface area contributed by atoms with Crippen molar-refractivity contribution in [2.75, 3.05) is 11.9 Å². The second-order valence-electron chi connectivity index (χ2n) is 3.45. The van der Waals surface area contributed by atoms with Gasteiger partial charge in [-0.25, -0.2) is 0 Å². The van der Waals surface area contributed by atoms with Gasteiger partial charge in [-0.15, -0.1) is 0 Å². The number of anilines is 1. The largest absolute Gasteiger partial charge is 0.467 e. The predicted molar refractivity (Wildman–Crippen MR) is 65.6 cm³/mol. The summed E-state index contributed by atoms with van der Waals surface area (Å²) < 4.78 is 5.31. The van der Waals surface area contributed by atoms with E-state index in [2.05, 4.69) is 5.32 Å². The Bertz CT molecular complexity index is 425. The number of nitrogens with two attached hydrogens (primary N) is 1. The first-order valence-electron chi connectivity index (χ1n) is 5.05. The summed E-state index contributed by atoms with van der Waals surface area (Å²) in [5.74, 6) is 0.831. The van der Waals surface area contributed by atoms with Crippen molar-refractivity contribution >= 4 is 17.3 Å². The molecular formula is C12H13ClN2O. The predicted octanol–water partition coefficient (Wildman–Crippen LogP) is 3.04. The number of rotatable bonds is 4. The first-order valence-corrected chi connectivity index (χ1v) is 5.43. The molecule has 16 heavy (non-hydrogen) atoms. The van der Waals surface area contributed by atoms with Gasteiger partial charge in [-0.05, 0) is 36.4 Å². The molecule has 1 heterocycles. The quantitative estimate of drug-likeness (QED) is 0.858. The third-order valence-corrected chi connectivity index (χ3v) is 2.56. The molecule has 0 amide bonds. The third kappa shape index (κ3) is 2.56. The molecule has 0 bridgehead atoms. The number of halogens is 1. The summed E-state index contributed by atoms with van der Waals surface area (Å²) in [6, 6.07) is 11.2. The van der Waals surface area contributed by atoms with Crippen molar-refractivity contribution in [2.45, 2.75) is 6.04 Å². The fraction of sp³-hybridized carbons (Fsp3) is 0.167. The van der Waals surface area contributed by atoms with Gasteiger partial charge in [0, 0.05) is 17.3 Å². The highest BCUT2D eigenvalue weighted by atomic mass is 35.5. The lowest BCUT2D eigenvalue weighted by molar-refractivity contribution is 0.482. The highest BCUT2D eigenvalue weighted by Gasteiger charge is 2.11. The third-order valence-electron chi connectivity index (χ3n) is 2.31. The van der Waals surface area contributed by atoms with E-state index in [4.69, 9.17) is 21.8 Å². The molecule has 0 radical (unpaired) electrons. The van der Waals surface area contributed by atoms with Crippen LogP contribution in [0.15, 0.2) is 47.1 Å². The monoisotopic (exact) mass is 236 g/mol. The Morgan fingerprint density at radius 3 is 2.56 bits per heavy atom. The fourth-order valence-corrected chi connectivity index (χ4v) is 1.61. The van der Waals surface area contributed by atoms with E-state index in [1.54, 1.807) is 6.26 Å². The van der Waals surface area contributed by atoms with Crippen LogP contribution in [0.25, 0.3) is 0 Å². The SMILES string of the molecule is NCC(Nc1ccc(Cl)cc1)c1ccco1. The highest BCUT2D eigenvalue weighted by Crippen LogP contribution is 2.20. The van der Waals surface area contributed by atoms with E-state index in [0.717, 1.165) is 11.4 Å². The van der Waals surface area contributed by atoms with Gasteiger partial charge in [0.25, 0.3) is 0 Å². The zero-order valence-corrected chi connectivity index (χ0v) is 9.45. The Hall–Kier alpha value is -1.45. The second-order valence-corrected chi connectivity index (χ2v) is 3.89. The average Bonchev–Trinajstić information content (AvgIpc) is 2.82. The van der Waals surface area contributed by atoms with Crippen molar-refractivity contribution in [1.29, 1.82) is 0 Å². The standard InChI is InChI=1S/C12H13ClN2O/c13-9-3-5-10(6-4-9)15-11(8-14)12-2-1-7-16-12/h1-7,11,15H,8,14H2. The number of hydrogen-bond acceptors (Lipinski definition) is 3. The lowest BCUT2D eigenvalue weighted by Crippen LogP contribution is -2.19. The molecule has 0 saturated heterocycles. The van der Waals surface area contributed by atoms with Crippen molar-refractivity contribution in [3.63, 3.8) is 0 Å². The van der Waals surface area contributed by atoms with Gasteiger partial charge >= 0.3 is 0 Å². The maximum Gasteiger partial charge on any atom is 0.127 e. The van der Waals surface area contributed by atoms with Crippen LogP contribution >= 0.6 is 11.6 Å². The number of furan rings is 1. The van der Waals surface area contributed by atoms with Gasteiger partial charge in [-0.1, -0.05) is 11.6 Å². The zero-order valence-electron chi connectivity index (χ0n) is 8.69. The Balaban J connectivity index is 2.10. The van der Waals surface area contributed by atoms with Gasteiger partial charge < -0.3 is 15.5 Å². The van der Waals surface area contributed by atoms with Gasteiger partial charge in [0.1, 0.15) is 5.76 Å². The average molecular weight is 237 g/mol. The van der Waals surface area contributed by atoms with E-state index in [9.17, 15) is 0 Å². The first-order chi connectivity index (χ1) is 7.79. The number of benzene rings is 1. The van der Waals surface area contributed by atoms with Crippen LogP contribution < -0.4 is 11.1 Å². The molecule has 1 aromatic heterocycles. The molecule has 2 aromatic rings. The fourth-order valence-electron chi connectivity index (χ4n) is 1.48. The van der Waals surface area contributed by atoms with E-state index in [1.165, 1.54) is 0 Å². The normalized spacial score (nSPS) is 12.4. The molecular weight excluding hydrogens is 224 g/mol. The van der Waals surface area contributed by atoms with Crippen molar-refractivity contribution in [3.05, 3.63) is 53.4 Å². The van der Waals surface area contributed by atoms with Crippen LogP contribution in [0.2, 0.25) is 5.02 Å². The molecule has 0 saturated carbocycles. The van der Waals surface area contributed by atoms with Crippen LogP contribution in [0.5, 0.6) is 0 Å². The van der Waals surface area contributed by atoms with Crippen molar-refractivity contribution in [2.24, 2.45) is 5.73 Å². The van der Waals surface area contributed by atoms with Gasteiger partial charge in [-0.3, -0.25) is 0 Å². The molecule has 0 fully saturated rings. The van der Waals surface area contributed by atoms with Crippen LogP contribution in [-0.2, 0) is 0 Å². The Morgan fingerprint density at radius 1 is 1.25 bits per heavy atom. The molecule has 4 heteroatoms. The lowest BCUT2D eigenvalue weighted by atomic mass is 10.2. The molecule has 3 N–H and O–H groups in total. The number of hydrogen-bond donors (Lipinski definition) is 2. The summed E-state index contributed by atoms with van der Waals surface area (Å²) in [6.07, 6.45) is 1.64. The van der Waals surface area contributed by atoms with E-state index >= 15 is 0 Å². The summed E-state index contributed by atoms with van der Waals surface area (Å²) in [5, 5.41) is 4.00.